The highest BCUT2D eigenvalue weighted by Gasteiger charge is 2.13. The van der Waals surface area contributed by atoms with Crippen LogP contribution in [0.1, 0.15) is 17.3 Å². The molecule has 4 nitrogen and oxygen atoms in total. The summed E-state index contributed by atoms with van der Waals surface area (Å²) in [7, 11) is 1.59. The van der Waals surface area contributed by atoms with Gasteiger partial charge in [-0.2, -0.15) is 0 Å². The molecule has 0 fully saturated rings. The Labute approximate surface area is 115 Å². The van der Waals surface area contributed by atoms with E-state index in [1.54, 1.807) is 19.2 Å². The van der Waals surface area contributed by atoms with Crippen molar-refractivity contribution in [1.82, 2.24) is 10.2 Å². The first-order chi connectivity index (χ1) is 8.56. The van der Waals surface area contributed by atoms with Crippen LogP contribution in [0.3, 0.4) is 0 Å². The van der Waals surface area contributed by atoms with E-state index in [0.717, 1.165) is 4.47 Å². The normalized spacial score (nSPS) is 10.4. The number of ketones is 1. The van der Waals surface area contributed by atoms with E-state index >= 15 is 0 Å². The molecule has 0 aromatic heterocycles. The molecule has 5 heteroatoms. The van der Waals surface area contributed by atoms with E-state index in [-0.39, 0.29) is 24.8 Å². The third-order valence-corrected chi connectivity index (χ3v) is 3.10. The third-order valence-electron chi connectivity index (χ3n) is 2.61. The van der Waals surface area contributed by atoms with Gasteiger partial charge in [-0.05, 0) is 18.7 Å². The number of Topliss-reactive ketones (excluding diaryl/α,β-unsaturated/α-hetero) is 1. The monoisotopic (exact) mass is 312 g/mol. The summed E-state index contributed by atoms with van der Waals surface area (Å²) in [4.78, 5) is 25.1. The molecule has 0 spiro atoms. The molecule has 0 saturated carbocycles. The first-order valence-electron chi connectivity index (χ1n) is 5.78. The van der Waals surface area contributed by atoms with Crippen molar-refractivity contribution < 1.29 is 9.59 Å². The minimum atomic E-state index is -0.0844. The summed E-state index contributed by atoms with van der Waals surface area (Å²) in [6.45, 7) is 3.08. The first kappa shape index (κ1) is 14.9. The molecule has 0 aliphatic rings. The molecule has 1 N–H and O–H groups in total. The van der Waals surface area contributed by atoms with Crippen LogP contribution in [0.2, 0.25) is 0 Å². The molecule has 0 aliphatic heterocycles. The van der Waals surface area contributed by atoms with Crippen molar-refractivity contribution in [3.63, 3.8) is 0 Å². The molecule has 0 radical (unpaired) electrons. The molecule has 1 aromatic carbocycles. The standard InChI is InChI=1S/C13H17BrN2O2/c1-3-16(9-13(18)15-2)8-12(17)10-5-4-6-11(14)7-10/h4-7H,3,8-9H2,1-2H3,(H,15,18). The smallest absolute Gasteiger partial charge is 0.233 e. The molecule has 0 aliphatic carbocycles. The number of halogens is 1. The third kappa shape index (κ3) is 4.58. The van der Waals surface area contributed by atoms with Gasteiger partial charge in [0, 0.05) is 17.1 Å². The van der Waals surface area contributed by atoms with Crippen molar-refractivity contribution in [3.8, 4) is 0 Å². The minimum Gasteiger partial charge on any atom is -0.358 e. The van der Waals surface area contributed by atoms with Gasteiger partial charge in [0.25, 0.3) is 0 Å². The number of likely N-dealkylation sites (N-methyl/N-ethyl adjacent to an activating group) is 2. The lowest BCUT2D eigenvalue weighted by Gasteiger charge is -2.18. The van der Waals surface area contributed by atoms with Crippen molar-refractivity contribution in [2.75, 3.05) is 26.7 Å². The second-order valence-electron chi connectivity index (χ2n) is 3.91. The van der Waals surface area contributed by atoms with Crippen molar-refractivity contribution in [2.45, 2.75) is 6.92 Å². The van der Waals surface area contributed by atoms with Crippen LogP contribution in [-0.2, 0) is 4.79 Å². The fourth-order valence-corrected chi connectivity index (χ4v) is 1.92. The van der Waals surface area contributed by atoms with Crippen LogP contribution in [-0.4, -0.2) is 43.3 Å². The molecule has 1 amide bonds. The SMILES string of the molecule is CCN(CC(=O)NC)CC(=O)c1cccc(Br)c1. The van der Waals surface area contributed by atoms with E-state index in [2.05, 4.69) is 21.2 Å². The Bertz CT molecular complexity index is 435. The minimum absolute atomic E-state index is 0.0158. The average Bonchev–Trinajstić information content (AvgIpc) is 2.37. The Hall–Kier alpha value is -1.20. The summed E-state index contributed by atoms with van der Waals surface area (Å²) in [5.41, 5.74) is 0.653. The molecule has 1 aromatic rings. The zero-order chi connectivity index (χ0) is 13.5. The van der Waals surface area contributed by atoms with Gasteiger partial charge in [0.2, 0.25) is 5.91 Å². The number of hydrogen-bond donors (Lipinski definition) is 1. The number of hydrogen-bond acceptors (Lipinski definition) is 3. The largest absolute Gasteiger partial charge is 0.358 e. The number of nitrogens with zero attached hydrogens (tertiary/aromatic N) is 1. The maximum atomic E-state index is 12.0. The molecular formula is C13H17BrN2O2. The highest BCUT2D eigenvalue weighted by molar-refractivity contribution is 9.10. The van der Waals surface area contributed by atoms with Crippen molar-refractivity contribution >= 4 is 27.6 Å². The van der Waals surface area contributed by atoms with Crippen LogP contribution in [0.25, 0.3) is 0 Å². The van der Waals surface area contributed by atoms with E-state index < -0.39 is 0 Å². The number of benzene rings is 1. The van der Waals surface area contributed by atoms with Crippen molar-refractivity contribution in [1.29, 1.82) is 0 Å². The van der Waals surface area contributed by atoms with Gasteiger partial charge in [-0.1, -0.05) is 35.0 Å². The summed E-state index contributed by atoms with van der Waals surface area (Å²) >= 11 is 3.34. The Morgan fingerprint density at radius 2 is 2.06 bits per heavy atom. The lowest BCUT2D eigenvalue weighted by molar-refractivity contribution is -0.121. The van der Waals surface area contributed by atoms with Crippen LogP contribution in [0.15, 0.2) is 28.7 Å². The summed E-state index contributed by atoms with van der Waals surface area (Å²) in [5.74, 6) is -0.0686. The Morgan fingerprint density at radius 3 is 2.61 bits per heavy atom. The molecule has 0 bridgehead atoms. The van der Waals surface area contributed by atoms with Gasteiger partial charge in [-0.15, -0.1) is 0 Å². The molecule has 0 saturated heterocycles. The maximum absolute atomic E-state index is 12.0. The van der Waals surface area contributed by atoms with Crippen molar-refractivity contribution in [3.05, 3.63) is 34.3 Å². The summed E-state index contributed by atoms with van der Waals surface area (Å²) in [5, 5.41) is 2.55. The Morgan fingerprint density at radius 1 is 1.33 bits per heavy atom. The van der Waals surface area contributed by atoms with Crippen molar-refractivity contribution in [2.24, 2.45) is 0 Å². The molecule has 0 heterocycles. The Balaban J connectivity index is 2.65. The highest BCUT2D eigenvalue weighted by Crippen LogP contribution is 2.12. The molecule has 0 atom stereocenters. The van der Waals surface area contributed by atoms with Gasteiger partial charge in [-0.3, -0.25) is 14.5 Å². The molecule has 18 heavy (non-hydrogen) atoms. The van der Waals surface area contributed by atoms with Gasteiger partial charge in [0.05, 0.1) is 13.1 Å². The maximum Gasteiger partial charge on any atom is 0.233 e. The van der Waals surface area contributed by atoms with Gasteiger partial charge in [0.15, 0.2) is 5.78 Å². The zero-order valence-electron chi connectivity index (χ0n) is 10.6. The summed E-state index contributed by atoms with van der Waals surface area (Å²) in [6, 6.07) is 7.27. The predicted molar refractivity (Wildman–Crippen MR) is 74.7 cm³/mol. The second kappa shape index (κ2) is 7.28. The highest BCUT2D eigenvalue weighted by atomic mass is 79.9. The van der Waals surface area contributed by atoms with Crippen LogP contribution in [0.5, 0.6) is 0 Å². The van der Waals surface area contributed by atoms with E-state index in [1.807, 2.05) is 24.0 Å². The van der Waals surface area contributed by atoms with Gasteiger partial charge >= 0.3 is 0 Å². The van der Waals surface area contributed by atoms with E-state index in [1.165, 1.54) is 0 Å². The molecule has 1 rings (SSSR count). The number of carbonyl (C=O) groups excluding carboxylic acids is 2. The van der Waals surface area contributed by atoms with E-state index in [4.69, 9.17) is 0 Å². The lowest BCUT2D eigenvalue weighted by atomic mass is 10.1. The van der Waals surface area contributed by atoms with Crippen LogP contribution >= 0.6 is 15.9 Å². The predicted octanol–water partition coefficient (Wildman–Crippen LogP) is 1.70. The topological polar surface area (TPSA) is 49.4 Å². The molecule has 0 unspecified atom stereocenters. The Kier molecular flexibility index (Phi) is 6.01. The van der Waals surface area contributed by atoms with Crippen LogP contribution in [0.4, 0.5) is 0 Å². The number of nitrogens with one attached hydrogen (secondary N) is 1. The fourth-order valence-electron chi connectivity index (χ4n) is 1.52. The van der Waals surface area contributed by atoms with Crippen LogP contribution < -0.4 is 5.32 Å². The quantitative estimate of drug-likeness (QED) is 0.813. The molecule has 98 valence electrons. The molecular weight excluding hydrogens is 296 g/mol. The van der Waals surface area contributed by atoms with E-state index in [9.17, 15) is 9.59 Å². The fraction of sp³-hybridized carbons (Fsp3) is 0.385. The summed E-state index contributed by atoms with van der Waals surface area (Å²) in [6.07, 6.45) is 0. The lowest BCUT2D eigenvalue weighted by Crippen LogP contribution is -2.38. The van der Waals surface area contributed by atoms with Gasteiger partial charge in [0.1, 0.15) is 0 Å². The zero-order valence-corrected chi connectivity index (χ0v) is 12.2. The van der Waals surface area contributed by atoms with Gasteiger partial charge in [-0.25, -0.2) is 0 Å². The van der Waals surface area contributed by atoms with Crippen LogP contribution in [0, 0.1) is 0 Å². The summed E-state index contributed by atoms with van der Waals surface area (Å²) < 4.78 is 0.877. The second-order valence-corrected chi connectivity index (χ2v) is 4.83. The van der Waals surface area contributed by atoms with Gasteiger partial charge < -0.3 is 5.32 Å². The average molecular weight is 313 g/mol. The number of amides is 1. The number of carbonyl (C=O) groups is 2. The number of rotatable bonds is 6. The van der Waals surface area contributed by atoms with E-state index in [0.29, 0.717) is 12.1 Å². The first-order valence-corrected chi connectivity index (χ1v) is 6.57.